The van der Waals surface area contributed by atoms with E-state index in [0.717, 1.165) is 43.2 Å². The molecular formula is C16H23N3O. The predicted molar refractivity (Wildman–Crippen MR) is 81.9 cm³/mol. The number of carbonyl (C=O) groups is 1. The fourth-order valence-electron chi connectivity index (χ4n) is 3.07. The van der Waals surface area contributed by atoms with Crippen LogP contribution in [0.25, 0.3) is 0 Å². The lowest BCUT2D eigenvalue weighted by Crippen LogP contribution is -2.48. The molecule has 0 bridgehead atoms. The van der Waals surface area contributed by atoms with Crippen molar-refractivity contribution >= 4 is 17.3 Å². The zero-order chi connectivity index (χ0) is 13.9. The van der Waals surface area contributed by atoms with Crippen LogP contribution in [0.15, 0.2) is 24.3 Å². The molecule has 1 aromatic carbocycles. The van der Waals surface area contributed by atoms with Gasteiger partial charge in [-0.25, -0.2) is 0 Å². The SMILES string of the molecule is CC1CCCN(C(=O)C2CNc3ccccc3N2)CC1. The van der Waals surface area contributed by atoms with Crippen molar-refractivity contribution in [3.63, 3.8) is 0 Å². The quantitative estimate of drug-likeness (QED) is 0.826. The molecule has 4 heteroatoms. The maximum atomic E-state index is 12.6. The molecule has 2 aliphatic heterocycles. The third kappa shape index (κ3) is 2.74. The average molecular weight is 273 g/mol. The molecule has 1 fully saturated rings. The van der Waals surface area contributed by atoms with Crippen LogP contribution in [0.1, 0.15) is 26.2 Å². The van der Waals surface area contributed by atoms with Gasteiger partial charge in [0.25, 0.3) is 0 Å². The lowest BCUT2D eigenvalue weighted by molar-refractivity contribution is -0.131. The van der Waals surface area contributed by atoms with Crippen LogP contribution in [0, 0.1) is 5.92 Å². The van der Waals surface area contributed by atoms with Crippen LogP contribution in [-0.4, -0.2) is 36.5 Å². The molecule has 2 atom stereocenters. The predicted octanol–water partition coefficient (Wildman–Crippen LogP) is 2.54. The van der Waals surface area contributed by atoms with E-state index in [1.54, 1.807) is 0 Å². The molecule has 0 spiro atoms. The summed E-state index contributed by atoms with van der Waals surface area (Å²) >= 11 is 0. The number of nitrogens with one attached hydrogen (secondary N) is 2. The first kappa shape index (κ1) is 13.3. The number of rotatable bonds is 1. The van der Waals surface area contributed by atoms with Gasteiger partial charge in [0.05, 0.1) is 11.4 Å². The molecule has 2 unspecified atom stereocenters. The zero-order valence-corrected chi connectivity index (χ0v) is 12.1. The van der Waals surface area contributed by atoms with E-state index in [9.17, 15) is 4.79 Å². The van der Waals surface area contributed by atoms with Crippen molar-refractivity contribution in [2.24, 2.45) is 5.92 Å². The van der Waals surface area contributed by atoms with E-state index < -0.39 is 0 Å². The van der Waals surface area contributed by atoms with Crippen molar-refractivity contribution in [1.82, 2.24) is 4.90 Å². The number of hydrogen-bond donors (Lipinski definition) is 2. The standard InChI is InChI=1S/C16H23N3O/c1-12-5-4-9-19(10-8-12)16(20)15-11-17-13-6-2-3-7-14(13)18-15/h2-3,6-7,12,15,17-18H,4-5,8-11H2,1H3. The summed E-state index contributed by atoms with van der Waals surface area (Å²) in [5.41, 5.74) is 2.11. The molecule has 1 saturated heterocycles. The van der Waals surface area contributed by atoms with Crippen LogP contribution in [0.5, 0.6) is 0 Å². The van der Waals surface area contributed by atoms with Crippen LogP contribution in [0.2, 0.25) is 0 Å². The number of hydrogen-bond acceptors (Lipinski definition) is 3. The summed E-state index contributed by atoms with van der Waals surface area (Å²) in [5.74, 6) is 0.979. The Bertz CT molecular complexity index is 488. The minimum absolute atomic E-state index is 0.140. The maximum absolute atomic E-state index is 12.6. The summed E-state index contributed by atoms with van der Waals surface area (Å²) in [6.45, 7) is 4.76. The highest BCUT2D eigenvalue weighted by Crippen LogP contribution is 2.26. The molecule has 0 saturated carbocycles. The topological polar surface area (TPSA) is 44.4 Å². The number of fused-ring (bicyclic) bond motifs is 1. The average Bonchev–Trinajstić information content (AvgIpc) is 2.71. The highest BCUT2D eigenvalue weighted by Gasteiger charge is 2.28. The first-order valence-electron chi connectivity index (χ1n) is 7.62. The lowest BCUT2D eigenvalue weighted by atomic mass is 10.0. The number of para-hydroxylation sites is 2. The number of anilines is 2. The van der Waals surface area contributed by atoms with E-state index in [-0.39, 0.29) is 11.9 Å². The Labute approximate surface area is 120 Å². The number of nitrogens with zero attached hydrogens (tertiary/aromatic N) is 1. The fourth-order valence-corrected chi connectivity index (χ4v) is 3.07. The smallest absolute Gasteiger partial charge is 0.246 e. The summed E-state index contributed by atoms with van der Waals surface area (Å²) in [6, 6.07) is 7.92. The van der Waals surface area contributed by atoms with E-state index in [0.29, 0.717) is 6.54 Å². The van der Waals surface area contributed by atoms with Gasteiger partial charge in [0.1, 0.15) is 6.04 Å². The molecule has 2 heterocycles. The fraction of sp³-hybridized carbons (Fsp3) is 0.562. The van der Waals surface area contributed by atoms with Gasteiger partial charge in [-0.3, -0.25) is 4.79 Å². The lowest BCUT2D eigenvalue weighted by Gasteiger charge is -2.31. The number of likely N-dealkylation sites (tertiary alicyclic amines) is 1. The molecule has 4 nitrogen and oxygen atoms in total. The van der Waals surface area contributed by atoms with Crippen LogP contribution in [0.3, 0.4) is 0 Å². The largest absolute Gasteiger partial charge is 0.381 e. The Morgan fingerprint density at radius 2 is 2.00 bits per heavy atom. The molecule has 108 valence electrons. The Hall–Kier alpha value is -1.71. The van der Waals surface area contributed by atoms with Gasteiger partial charge in [-0.1, -0.05) is 19.1 Å². The van der Waals surface area contributed by atoms with Crippen molar-refractivity contribution in [3.05, 3.63) is 24.3 Å². The highest BCUT2D eigenvalue weighted by atomic mass is 16.2. The highest BCUT2D eigenvalue weighted by molar-refractivity contribution is 5.88. The Morgan fingerprint density at radius 1 is 1.20 bits per heavy atom. The van der Waals surface area contributed by atoms with Gasteiger partial charge >= 0.3 is 0 Å². The number of benzene rings is 1. The summed E-state index contributed by atoms with van der Waals surface area (Å²) in [7, 11) is 0. The van der Waals surface area contributed by atoms with Gasteiger partial charge in [-0.05, 0) is 37.3 Å². The minimum atomic E-state index is -0.140. The number of carbonyl (C=O) groups excluding carboxylic acids is 1. The molecular weight excluding hydrogens is 250 g/mol. The second-order valence-electron chi connectivity index (χ2n) is 5.98. The van der Waals surface area contributed by atoms with Gasteiger partial charge in [-0.15, -0.1) is 0 Å². The normalized spacial score (nSPS) is 25.9. The molecule has 1 amide bonds. The Balaban J connectivity index is 1.66. The molecule has 20 heavy (non-hydrogen) atoms. The van der Waals surface area contributed by atoms with Crippen molar-refractivity contribution in [3.8, 4) is 0 Å². The zero-order valence-electron chi connectivity index (χ0n) is 12.1. The van der Waals surface area contributed by atoms with Crippen LogP contribution < -0.4 is 10.6 Å². The van der Waals surface area contributed by atoms with Crippen molar-refractivity contribution in [2.45, 2.75) is 32.2 Å². The van der Waals surface area contributed by atoms with E-state index in [1.807, 2.05) is 29.2 Å². The second kappa shape index (κ2) is 5.73. The second-order valence-corrected chi connectivity index (χ2v) is 5.98. The van der Waals surface area contributed by atoms with Gasteiger partial charge in [0, 0.05) is 19.6 Å². The van der Waals surface area contributed by atoms with Crippen molar-refractivity contribution < 1.29 is 4.79 Å². The Morgan fingerprint density at radius 3 is 2.85 bits per heavy atom. The van der Waals surface area contributed by atoms with Gasteiger partial charge in [-0.2, -0.15) is 0 Å². The van der Waals surface area contributed by atoms with Crippen LogP contribution >= 0.6 is 0 Å². The minimum Gasteiger partial charge on any atom is -0.381 e. The molecule has 1 aromatic rings. The third-order valence-corrected chi connectivity index (χ3v) is 4.38. The van der Waals surface area contributed by atoms with Gasteiger partial charge < -0.3 is 15.5 Å². The van der Waals surface area contributed by atoms with Crippen molar-refractivity contribution in [2.75, 3.05) is 30.3 Å². The molecule has 2 aliphatic rings. The van der Waals surface area contributed by atoms with Gasteiger partial charge in [0.15, 0.2) is 0 Å². The van der Waals surface area contributed by atoms with Gasteiger partial charge in [0.2, 0.25) is 5.91 Å². The monoisotopic (exact) mass is 273 g/mol. The van der Waals surface area contributed by atoms with Crippen LogP contribution in [-0.2, 0) is 4.79 Å². The molecule has 3 rings (SSSR count). The molecule has 2 N–H and O–H groups in total. The van der Waals surface area contributed by atoms with Crippen LogP contribution in [0.4, 0.5) is 11.4 Å². The van der Waals surface area contributed by atoms with E-state index >= 15 is 0 Å². The summed E-state index contributed by atoms with van der Waals surface area (Å²) in [5, 5.41) is 6.72. The Kier molecular flexibility index (Phi) is 3.81. The molecule has 0 aliphatic carbocycles. The van der Waals surface area contributed by atoms with E-state index in [1.165, 1.54) is 6.42 Å². The first-order valence-corrected chi connectivity index (χ1v) is 7.62. The number of amides is 1. The van der Waals surface area contributed by atoms with Crippen molar-refractivity contribution in [1.29, 1.82) is 0 Å². The maximum Gasteiger partial charge on any atom is 0.246 e. The van der Waals surface area contributed by atoms with E-state index in [4.69, 9.17) is 0 Å². The summed E-state index contributed by atoms with van der Waals surface area (Å²) in [4.78, 5) is 14.7. The third-order valence-electron chi connectivity index (χ3n) is 4.38. The van der Waals surface area contributed by atoms with E-state index in [2.05, 4.69) is 17.6 Å². The molecule has 0 radical (unpaired) electrons. The summed E-state index contributed by atoms with van der Waals surface area (Å²) in [6.07, 6.45) is 3.50. The molecule has 0 aromatic heterocycles. The summed E-state index contributed by atoms with van der Waals surface area (Å²) < 4.78 is 0. The first-order chi connectivity index (χ1) is 9.74.